The lowest BCUT2D eigenvalue weighted by Crippen LogP contribution is -2.10. The van der Waals surface area contributed by atoms with E-state index in [1.165, 1.54) is 32.3 Å². The van der Waals surface area contributed by atoms with E-state index in [-0.39, 0.29) is 0 Å². The first kappa shape index (κ1) is 21.0. The van der Waals surface area contributed by atoms with E-state index in [1.54, 1.807) is 0 Å². The number of fused-ring (bicyclic) bond motifs is 8. The Morgan fingerprint density at radius 1 is 0.395 bits per heavy atom. The van der Waals surface area contributed by atoms with Crippen molar-refractivity contribution in [3.63, 3.8) is 0 Å². The summed E-state index contributed by atoms with van der Waals surface area (Å²) in [5, 5.41) is 9.86. The van der Waals surface area contributed by atoms with Crippen molar-refractivity contribution < 1.29 is 4.42 Å². The van der Waals surface area contributed by atoms with Crippen LogP contribution >= 0.6 is 0 Å². The first-order valence-electron chi connectivity index (χ1n) is 12.9. The summed E-state index contributed by atoms with van der Waals surface area (Å²) in [5.41, 5.74) is 5.12. The van der Waals surface area contributed by atoms with Gasteiger partial charge in [-0.2, -0.15) is 0 Å². The smallest absolute Gasteiger partial charge is 0.137 e. The second-order valence-electron chi connectivity index (χ2n) is 9.77. The van der Waals surface area contributed by atoms with Crippen molar-refractivity contribution in [2.45, 2.75) is 0 Å². The number of furan rings is 1. The Morgan fingerprint density at radius 2 is 1.05 bits per heavy atom. The Balaban J connectivity index is 1.39. The number of para-hydroxylation sites is 2. The third-order valence-corrected chi connectivity index (χ3v) is 7.62. The monoisotopic (exact) mass is 485 g/mol. The van der Waals surface area contributed by atoms with Gasteiger partial charge < -0.3 is 9.32 Å². The maximum absolute atomic E-state index is 6.24. The molecule has 0 N–H and O–H groups in total. The minimum absolute atomic E-state index is 0.892. The van der Waals surface area contributed by atoms with Gasteiger partial charge in [0.25, 0.3) is 0 Å². The lowest BCUT2D eigenvalue weighted by molar-refractivity contribution is 0.669. The van der Waals surface area contributed by atoms with E-state index < -0.39 is 0 Å². The topological polar surface area (TPSA) is 16.4 Å². The zero-order chi connectivity index (χ0) is 25.1. The van der Waals surface area contributed by atoms with Gasteiger partial charge in [-0.1, -0.05) is 97.1 Å². The number of rotatable bonds is 3. The summed E-state index contributed by atoms with van der Waals surface area (Å²) in [6.07, 6.45) is 0. The molecule has 0 aliphatic rings. The fraction of sp³-hybridized carbons (Fsp3) is 0. The first-order chi connectivity index (χ1) is 18.8. The first-order valence-corrected chi connectivity index (χ1v) is 12.9. The molecule has 1 aromatic heterocycles. The van der Waals surface area contributed by atoms with Crippen molar-refractivity contribution in [2.24, 2.45) is 0 Å². The zero-order valence-electron chi connectivity index (χ0n) is 20.6. The van der Waals surface area contributed by atoms with E-state index in [9.17, 15) is 0 Å². The Morgan fingerprint density at radius 3 is 1.92 bits per heavy atom. The number of benzene rings is 7. The molecule has 0 saturated carbocycles. The van der Waals surface area contributed by atoms with Crippen molar-refractivity contribution in [1.29, 1.82) is 0 Å². The molecule has 0 radical (unpaired) electrons. The summed E-state index contributed by atoms with van der Waals surface area (Å²) in [6.45, 7) is 0. The predicted octanol–water partition coefficient (Wildman–Crippen LogP) is 10.5. The van der Waals surface area contributed by atoms with Crippen LogP contribution in [-0.2, 0) is 0 Å². The molecule has 0 aliphatic heterocycles. The van der Waals surface area contributed by atoms with Crippen molar-refractivity contribution in [1.82, 2.24) is 0 Å². The zero-order valence-corrected chi connectivity index (χ0v) is 20.6. The summed E-state index contributed by atoms with van der Waals surface area (Å²) in [7, 11) is 0. The molecule has 0 aliphatic carbocycles. The van der Waals surface area contributed by atoms with Gasteiger partial charge >= 0.3 is 0 Å². The van der Waals surface area contributed by atoms with Gasteiger partial charge in [-0.15, -0.1) is 0 Å². The molecule has 178 valence electrons. The standard InChI is InChI=1S/C36H23NO/c1-2-10-26(11-3-1)37(33-14-8-16-35-36(33)32-13-6-7-15-34(32)38-35)27-19-22-29-25(23-27)18-21-30-28-12-5-4-9-24(28)17-20-31(29)30/h1-23H. The summed E-state index contributed by atoms with van der Waals surface area (Å²) in [5.74, 6) is 0. The summed E-state index contributed by atoms with van der Waals surface area (Å²) < 4.78 is 6.24. The van der Waals surface area contributed by atoms with Crippen LogP contribution in [-0.4, -0.2) is 0 Å². The highest BCUT2D eigenvalue weighted by Gasteiger charge is 2.19. The van der Waals surface area contributed by atoms with Crippen LogP contribution in [0.3, 0.4) is 0 Å². The van der Waals surface area contributed by atoms with Crippen LogP contribution < -0.4 is 4.90 Å². The predicted molar refractivity (Wildman–Crippen MR) is 161 cm³/mol. The van der Waals surface area contributed by atoms with Crippen molar-refractivity contribution in [2.75, 3.05) is 4.90 Å². The maximum atomic E-state index is 6.24. The molecule has 0 fully saturated rings. The van der Waals surface area contributed by atoms with Gasteiger partial charge in [-0.05, 0) is 74.8 Å². The molecular weight excluding hydrogens is 462 g/mol. The lowest BCUT2D eigenvalue weighted by atomic mass is 9.96. The molecule has 0 amide bonds. The molecular formula is C36H23NO. The molecule has 2 nitrogen and oxygen atoms in total. The van der Waals surface area contributed by atoms with E-state index in [0.29, 0.717) is 0 Å². The molecule has 8 aromatic rings. The third kappa shape index (κ3) is 3.14. The fourth-order valence-corrected chi connectivity index (χ4v) is 5.90. The number of anilines is 3. The Hall–Kier alpha value is -5.08. The van der Waals surface area contributed by atoms with Crippen molar-refractivity contribution >= 4 is 71.3 Å². The highest BCUT2D eigenvalue weighted by molar-refractivity contribution is 6.18. The number of nitrogens with zero attached hydrogens (tertiary/aromatic N) is 1. The van der Waals surface area contributed by atoms with Crippen LogP contribution in [0.25, 0.3) is 54.3 Å². The van der Waals surface area contributed by atoms with Crippen LogP contribution in [0.4, 0.5) is 17.1 Å². The maximum Gasteiger partial charge on any atom is 0.137 e. The average molecular weight is 486 g/mol. The van der Waals surface area contributed by atoms with E-state index in [2.05, 4.69) is 132 Å². The van der Waals surface area contributed by atoms with Gasteiger partial charge in [0.2, 0.25) is 0 Å². The molecule has 38 heavy (non-hydrogen) atoms. The van der Waals surface area contributed by atoms with Gasteiger partial charge in [-0.3, -0.25) is 0 Å². The van der Waals surface area contributed by atoms with Crippen LogP contribution in [0.2, 0.25) is 0 Å². The lowest BCUT2D eigenvalue weighted by Gasteiger charge is -2.26. The fourth-order valence-electron chi connectivity index (χ4n) is 5.90. The minimum atomic E-state index is 0.892. The molecule has 7 aromatic carbocycles. The van der Waals surface area contributed by atoms with Crippen LogP contribution in [0.1, 0.15) is 0 Å². The normalized spacial score (nSPS) is 11.7. The second kappa shape index (κ2) is 8.22. The molecule has 0 bridgehead atoms. The molecule has 1 heterocycles. The van der Waals surface area contributed by atoms with Gasteiger partial charge in [0.15, 0.2) is 0 Å². The van der Waals surface area contributed by atoms with E-state index in [4.69, 9.17) is 4.42 Å². The Kier molecular flexibility index (Phi) is 4.55. The third-order valence-electron chi connectivity index (χ3n) is 7.62. The number of hydrogen-bond acceptors (Lipinski definition) is 2. The molecule has 0 saturated heterocycles. The van der Waals surface area contributed by atoms with Gasteiger partial charge in [0.05, 0.1) is 11.1 Å². The van der Waals surface area contributed by atoms with Gasteiger partial charge in [-0.25, -0.2) is 0 Å². The molecule has 0 spiro atoms. The Labute approximate surface area is 220 Å². The Bertz CT molecular complexity index is 2140. The summed E-state index contributed by atoms with van der Waals surface area (Å²) in [4.78, 5) is 2.34. The highest BCUT2D eigenvalue weighted by Crippen LogP contribution is 2.43. The number of hydrogen-bond donors (Lipinski definition) is 0. The quantitative estimate of drug-likeness (QED) is 0.231. The van der Waals surface area contributed by atoms with Crippen molar-refractivity contribution in [3.8, 4) is 0 Å². The second-order valence-corrected chi connectivity index (χ2v) is 9.77. The summed E-state index contributed by atoms with van der Waals surface area (Å²) >= 11 is 0. The van der Waals surface area contributed by atoms with Gasteiger partial charge in [0, 0.05) is 16.8 Å². The largest absolute Gasteiger partial charge is 0.456 e. The minimum Gasteiger partial charge on any atom is -0.456 e. The van der Waals surface area contributed by atoms with Crippen molar-refractivity contribution in [3.05, 3.63) is 140 Å². The van der Waals surface area contributed by atoms with Crippen LogP contribution in [0.5, 0.6) is 0 Å². The van der Waals surface area contributed by atoms with E-state index in [0.717, 1.165) is 39.0 Å². The molecule has 0 unspecified atom stereocenters. The molecule has 0 atom stereocenters. The molecule has 8 rings (SSSR count). The molecule has 2 heteroatoms. The average Bonchev–Trinajstić information content (AvgIpc) is 3.37. The van der Waals surface area contributed by atoms with Gasteiger partial charge in [0.1, 0.15) is 11.2 Å². The highest BCUT2D eigenvalue weighted by atomic mass is 16.3. The van der Waals surface area contributed by atoms with Crippen LogP contribution in [0.15, 0.2) is 144 Å². The van der Waals surface area contributed by atoms with Crippen LogP contribution in [0, 0.1) is 0 Å². The van der Waals surface area contributed by atoms with E-state index in [1.807, 2.05) is 12.1 Å². The SMILES string of the molecule is c1ccc(N(c2ccc3c(ccc4c5ccccc5ccc34)c2)c2cccc3oc4ccccc4c23)cc1. The summed E-state index contributed by atoms with van der Waals surface area (Å²) in [6, 6.07) is 49.6. The van der Waals surface area contributed by atoms with E-state index >= 15 is 0 Å².